The summed E-state index contributed by atoms with van der Waals surface area (Å²) in [7, 11) is 0. The first-order chi connectivity index (χ1) is 11.7. The van der Waals surface area contributed by atoms with Crippen molar-refractivity contribution in [2.45, 2.75) is 24.9 Å². The van der Waals surface area contributed by atoms with E-state index in [4.69, 9.17) is 4.84 Å². The first kappa shape index (κ1) is 16.7. The highest BCUT2D eigenvalue weighted by atomic mass is 35.5. The van der Waals surface area contributed by atoms with Crippen molar-refractivity contribution in [3.63, 3.8) is 0 Å². The van der Waals surface area contributed by atoms with E-state index in [2.05, 4.69) is 20.4 Å². The lowest BCUT2D eigenvalue weighted by atomic mass is 9.74. The third kappa shape index (κ3) is 2.88. The molecule has 0 amide bonds. The van der Waals surface area contributed by atoms with Crippen LogP contribution < -0.4 is 5.48 Å². The molecular formula is C18H20ClFN4O. The zero-order chi connectivity index (χ0) is 16.1. The second kappa shape index (κ2) is 6.20. The summed E-state index contributed by atoms with van der Waals surface area (Å²) >= 11 is 0. The molecule has 5 nitrogen and oxygen atoms in total. The molecule has 5 heterocycles. The van der Waals surface area contributed by atoms with Gasteiger partial charge in [-0.2, -0.15) is 0 Å². The standard InChI is InChI=1S/C18H19FN4O.ClH/c19-15-2-1-12-8-16(20-10-13(12)7-15)21-17-9-18(24-22-17)11-23-5-3-14(18)4-6-23;/h1-2,7-8,10,14H,3-6,9,11H2,(H,20,21,22);1H/t18-;/m0./s1. The molecule has 4 fully saturated rings. The highest BCUT2D eigenvalue weighted by Crippen LogP contribution is 2.42. The van der Waals surface area contributed by atoms with E-state index < -0.39 is 0 Å². The molecule has 0 unspecified atom stereocenters. The molecule has 4 aliphatic heterocycles. The number of rotatable bonds is 1. The van der Waals surface area contributed by atoms with Crippen LogP contribution in [0, 0.1) is 11.7 Å². The van der Waals surface area contributed by atoms with Crippen molar-refractivity contribution >= 4 is 34.8 Å². The minimum Gasteiger partial charge on any atom is -0.300 e. The van der Waals surface area contributed by atoms with Crippen LogP contribution in [0.1, 0.15) is 19.3 Å². The maximum absolute atomic E-state index is 13.3. The Bertz CT molecular complexity index is 837. The molecular weight excluding hydrogens is 343 g/mol. The molecule has 7 heteroatoms. The van der Waals surface area contributed by atoms with Crippen LogP contribution in [0.3, 0.4) is 0 Å². The van der Waals surface area contributed by atoms with E-state index in [1.807, 2.05) is 6.07 Å². The molecule has 1 aromatic carbocycles. The van der Waals surface area contributed by atoms with Gasteiger partial charge in [0.2, 0.25) is 0 Å². The molecule has 1 aromatic heterocycles. The first-order valence-corrected chi connectivity index (χ1v) is 8.49. The Morgan fingerprint density at radius 3 is 2.84 bits per heavy atom. The van der Waals surface area contributed by atoms with Gasteiger partial charge in [-0.3, -0.25) is 10.3 Å². The first-order valence-electron chi connectivity index (χ1n) is 8.49. The maximum Gasteiger partial charge on any atom is 0.154 e. The minimum atomic E-state index is -0.251. The summed E-state index contributed by atoms with van der Waals surface area (Å²) in [6.45, 7) is 3.35. The Hall–Kier alpha value is -1.76. The van der Waals surface area contributed by atoms with Crippen LogP contribution in [0.5, 0.6) is 0 Å². The van der Waals surface area contributed by atoms with Crippen molar-refractivity contribution < 1.29 is 9.23 Å². The average molecular weight is 363 g/mol. The van der Waals surface area contributed by atoms with E-state index in [0.29, 0.717) is 11.7 Å². The number of benzene rings is 1. The topological polar surface area (TPSA) is 49.8 Å². The van der Waals surface area contributed by atoms with Crippen molar-refractivity contribution in [1.82, 2.24) is 15.4 Å². The summed E-state index contributed by atoms with van der Waals surface area (Å²) in [4.78, 5) is 17.4. The van der Waals surface area contributed by atoms with Gasteiger partial charge >= 0.3 is 0 Å². The lowest BCUT2D eigenvalue weighted by Crippen LogP contribution is -2.59. The summed E-state index contributed by atoms with van der Waals surface area (Å²) in [5.41, 5.74) is 2.90. The number of aliphatic imine (C=N–C) groups is 1. The van der Waals surface area contributed by atoms with E-state index >= 15 is 0 Å². The van der Waals surface area contributed by atoms with Crippen LogP contribution in [0.4, 0.5) is 10.2 Å². The van der Waals surface area contributed by atoms with Gasteiger partial charge < -0.3 is 4.90 Å². The number of aromatic nitrogens is 1. The lowest BCUT2D eigenvalue weighted by molar-refractivity contribution is -0.150. The number of pyridine rings is 1. The van der Waals surface area contributed by atoms with Crippen LogP contribution >= 0.6 is 12.4 Å². The summed E-state index contributed by atoms with van der Waals surface area (Å²) in [6.07, 6.45) is 4.87. The summed E-state index contributed by atoms with van der Waals surface area (Å²) in [5.74, 6) is 1.81. The van der Waals surface area contributed by atoms with Crippen LogP contribution in [0.15, 0.2) is 35.5 Å². The third-order valence-electron chi connectivity index (χ3n) is 5.58. The number of fused-ring (bicyclic) bond motifs is 3. The number of hydrogen-bond acceptors (Lipinski definition) is 4. The minimum absolute atomic E-state index is 0. The summed E-state index contributed by atoms with van der Waals surface area (Å²) in [6, 6.07) is 6.57. The van der Waals surface area contributed by atoms with Gasteiger partial charge in [0.15, 0.2) is 5.82 Å². The van der Waals surface area contributed by atoms with Crippen LogP contribution in [-0.4, -0.2) is 41.0 Å². The predicted molar refractivity (Wildman–Crippen MR) is 96.8 cm³/mol. The predicted octanol–water partition coefficient (Wildman–Crippen LogP) is 3.22. The Kier molecular flexibility index (Phi) is 4.14. The zero-order valence-electron chi connectivity index (χ0n) is 13.7. The number of nitrogens with one attached hydrogen (secondary N) is 1. The molecule has 1 spiro atoms. The van der Waals surface area contributed by atoms with E-state index in [1.54, 1.807) is 12.3 Å². The van der Waals surface area contributed by atoms with Gasteiger partial charge in [-0.1, -0.05) is 6.07 Å². The fraction of sp³-hybridized carbons (Fsp3) is 0.444. The molecule has 0 radical (unpaired) electrons. The number of halogens is 2. The van der Waals surface area contributed by atoms with Crippen molar-refractivity contribution in [2.24, 2.45) is 10.9 Å². The smallest absolute Gasteiger partial charge is 0.154 e. The molecule has 4 aliphatic rings. The van der Waals surface area contributed by atoms with Crippen LogP contribution in [0.25, 0.3) is 10.8 Å². The molecule has 1 N–H and O–H groups in total. The molecule has 0 aliphatic carbocycles. The lowest BCUT2D eigenvalue weighted by Gasteiger charge is -2.49. The largest absolute Gasteiger partial charge is 0.300 e. The monoisotopic (exact) mass is 362 g/mol. The van der Waals surface area contributed by atoms with Crippen molar-refractivity contribution in [1.29, 1.82) is 0 Å². The third-order valence-corrected chi connectivity index (χ3v) is 5.58. The summed E-state index contributed by atoms with van der Waals surface area (Å²) in [5, 5.41) is 1.71. The van der Waals surface area contributed by atoms with Crippen LogP contribution in [-0.2, 0) is 4.84 Å². The Labute approximate surface area is 151 Å². The molecule has 2 bridgehead atoms. The van der Waals surface area contributed by atoms with Crippen LogP contribution in [0.2, 0.25) is 0 Å². The van der Waals surface area contributed by atoms with Crippen molar-refractivity contribution in [3.05, 3.63) is 36.3 Å². The highest BCUT2D eigenvalue weighted by molar-refractivity contribution is 5.88. The van der Waals surface area contributed by atoms with Gasteiger partial charge in [0.25, 0.3) is 0 Å². The SMILES string of the molecule is Cl.Fc1ccc2cc(N=C3C[C@@]4(CN5CCC4CC5)ON3)ncc2c1. The Balaban J connectivity index is 0.00000157. The van der Waals surface area contributed by atoms with Gasteiger partial charge in [-0.25, -0.2) is 14.4 Å². The van der Waals surface area contributed by atoms with E-state index in [1.165, 1.54) is 38.1 Å². The average Bonchev–Trinajstić information content (AvgIpc) is 2.98. The Morgan fingerprint density at radius 1 is 1.24 bits per heavy atom. The molecule has 4 saturated heterocycles. The molecule has 132 valence electrons. The van der Waals surface area contributed by atoms with Gasteiger partial charge in [0.1, 0.15) is 17.3 Å². The Morgan fingerprint density at radius 2 is 2.08 bits per heavy atom. The fourth-order valence-electron chi connectivity index (χ4n) is 4.32. The number of piperidine rings is 3. The van der Waals surface area contributed by atoms with Gasteiger partial charge in [-0.05, 0) is 55.4 Å². The summed E-state index contributed by atoms with van der Waals surface area (Å²) < 4.78 is 13.3. The van der Waals surface area contributed by atoms with Crippen molar-refractivity contribution in [3.8, 4) is 0 Å². The van der Waals surface area contributed by atoms with E-state index in [-0.39, 0.29) is 23.8 Å². The van der Waals surface area contributed by atoms with E-state index in [0.717, 1.165) is 29.6 Å². The van der Waals surface area contributed by atoms with E-state index in [9.17, 15) is 4.39 Å². The zero-order valence-corrected chi connectivity index (χ0v) is 14.6. The molecule has 25 heavy (non-hydrogen) atoms. The quantitative estimate of drug-likeness (QED) is 0.846. The molecule has 2 aromatic rings. The van der Waals surface area contributed by atoms with Gasteiger partial charge in [-0.15, -0.1) is 12.4 Å². The number of nitrogens with zero attached hydrogens (tertiary/aromatic N) is 3. The molecule has 6 rings (SSSR count). The second-order valence-corrected chi connectivity index (χ2v) is 7.09. The normalized spacial score (nSPS) is 32.1. The van der Waals surface area contributed by atoms with Gasteiger partial charge in [0, 0.05) is 24.5 Å². The van der Waals surface area contributed by atoms with Gasteiger partial charge in [0.05, 0.1) is 0 Å². The molecule has 1 atom stereocenters. The highest BCUT2D eigenvalue weighted by Gasteiger charge is 2.52. The number of amidine groups is 1. The number of hydroxylamine groups is 1. The number of hydrogen-bond donors (Lipinski definition) is 1. The van der Waals surface area contributed by atoms with Crippen molar-refractivity contribution in [2.75, 3.05) is 19.6 Å². The molecule has 0 saturated carbocycles. The maximum atomic E-state index is 13.3. The second-order valence-electron chi connectivity index (χ2n) is 7.09. The fourth-order valence-corrected chi connectivity index (χ4v) is 4.32.